The Hall–Kier alpha value is -1.10. The van der Waals surface area contributed by atoms with Crippen molar-refractivity contribution in [2.45, 2.75) is 43.6 Å². The SMILES string of the molecule is Cl.O=C(N1CCC(N2CCNCC2)C1)C1(c2ccccc2)CCCC1. The van der Waals surface area contributed by atoms with Gasteiger partial charge in [0.15, 0.2) is 0 Å². The molecule has 4 rings (SSSR count). The van der Waals surface area contributed by atoms with E-state index in [0.29, 0.717) is 11.9 Å². The molecule has 3 aliphatic rings. The number of piperazine rings is 1. The summed E-state index contributed by atoms with van der Waals surface area (Å²) < 4.78 is 0. The van der Waals surface area contributed by atoms with E-state index in [1.807, 2.05) is 6.07 Å². The fraction of sp³-hybridized carbons (Fsp3) is 0.650. The van der Waals surface area contributed by atoms with Crippen LogP contribution in [0.1, 0.15) is 37.7 Å². The Morgan fingerprint density at radius 3 is 2.40 bits per heavy atom. The molecule has 1 unspecified atom stereocenters. The number of rotatable bonds is 3. The molecule has 0 bridgehead atoms. The van der Waals surface area contributed by atoms with Gasteiger partial charge in [0.1, 0.15) is 0 Å². The van der Waals surface area contributed by atoms with Crippen molar-refractivity contribution in [1.82, 2.24) is 15.1 Å². The van der Waals surface area contributed by atoms with E-state index in [1.54, 1.807) is 0 Å². The first kappa shape index (κ1) is 18.7. The Bertz CT molecular complexity index is 568. The van der Waals surface area contributed by atoms with Gasteiger partial charge >= 0.3 is 0 Å². The number of carbonyl (C=O) groups excluding carboxylic acids is 1. The zero-order valence-corrected chi connectivity index (χ0v) is 15.8. The molecule has 1 N–H and O–H groups in total. The predicted molar refractivity (Wildman–Crippen MR) is 103 cm³/mol. The van der Waals surface area contributed by atoms with Crippen LogP contribution in [-0.2, 0) is 10.2 Å². The highest BCUT2D eigenvalue weighted by Crippen LogP contribution is 2.43. The van der Waals surface area contributed by atoms with Gasteiger partial charge in [-0.2, -0.15) is 0 Å². The first-order valence-corrected chi connectivity index (χ1v) is 9.59. The van der Waals surface area contributed by atoms with Gasteiger partial charge in [0.2, 0.25) is 5.91 Å². The zero-order valence-electron chi connectivity index (χ0n) is 15.0. The lowest BCUT2D eigenvalue weighted by atomic mass is 9.77. The molecule has 4 nitrogen and oxygen atoms in total. The molecule has 5 heteroatoms. The quantitative estimate of drug-likeness (QED) is 0.895. The molecule has 2 aliphatic heterocycles. The van der Waals surface area contributed by atoms with Crippen LogP contribution in [0.2, 0.25) is 0 Å². The highest BCUT2D eigenvalue weighted by molar-refractivity contribution is 5.89. The number of hydrogen-bond acceptors (Lipinski definition) is 3. The first-order chi connectivity index (χ1) is 11.8. The molecule has 0 spiro atoms. The summed E-state index contributed by atoms with van der Waals surface area (Å²) in [7, 11) is 0. The van der Waals surface area contributed by atoms with Crippen LogP contribution in [0.4, 0.5) is 0 Å². The van der Waals surface area contributed by atoms with E-state index in [1.165, 1.54) is 18.4 Å². The van der Waals surface area contributed by atoms with Crippen molar-refractivity contribution in [3.63, 3.8) is 0 Å². The van der Waals surface area contributed by atoms with Crippen LogP contribution in [0.15, 0.2) is 30.3 Å². The molecule has 1 atom stereocenters. The van der Waals surface area contributed by atoms with Crippen LogP contribution in [0.25, 0.3) is 0 Å². The third-order valence-electron chi connectivity index (χ3n) is 6.31. The predicted octanol–water partition coefficient (Wildman–Crippen LogP) is 2.43. The van der Waals surface area contributed by atoms with Gasteiger partial charge in [-0.15, -0.1) is 12.4 Å². The van der Waals surface area contributed by atoms with Crippen molar-refractivity contribution in [3.8, 4) is 0 Å². The van der Waals surface area contributed by atoms with Gasteiger partial charge in [-0.3, -0.25) is 9.69 Å². The standard InChI is InChI=1S/C20H29N3O.ClH/c24-19(20(9-4-5-10-20)17-6-2-1-3-7-17)23-13-8-18(16-23)22-14-11-21-12-15-22;/h1-3,6-7,18,21H,4-5,8-16H2;1H. The lowest BCUT2D eigenvalue weighted by Gasteiger charge is -2.35. The van der Waals surface area contributed by atoms with Gasteiger partial charge < -0.3 is 10.2 Å². The maximum Gasteiger partial charge on any atom is 0.233 e. The minimum Gasteiger partial charge on any atom is -0.340 e. The third kappa shape index (κ3) is 3.57. The number of nitrogens with one attached hydrogen (secondary N) is 1. The van der Waals surface area contributed by atoms with E-state index < -0.39 is 0 Å². The number of amides is 1. The number of halogens is 1. The van der Waals surface area contributed by atoms with Gasteiger partial charge in [-0.05, 0) is 24.8 Å². The molecular weight excluding hydrogens is 334 g/mol. The van der Waals surface area contributed by atoms with E-state index in [4.69, 9.17) is 0 Å². The second-order valence-corrected chi connectivity index (χ2v) is 7.63. The molecule has 2 saturated heterocycles. The van der Waals surface area contributed by atoms with E-state index in [9.17, 15) is 4.79 Å². The second kappa shape index (κ2) is 8.07. The smallest absolute Gasteiger partial charge is 0.233 e. The lowest BCUT2D eigenvalue weighted by Crippen LogP contribution is -2.50. The summed E-state index contributed by atoms with van der Waals surface area (Å²) >= 11 is 0. The fourth-order valence-electron chi connectivity index (χ4n) is 4.94. The molecular formula is C20H30ClN3O. The maximum atomic E-state index is 13.5. The molecule has 1 saturated carbocycles. The molecule has 1 aromatic rings. The third-order valence-corrected chi connectivity index (χ3v) is 6.31. The molecule has 1 aromatic carbocycles. The van der Waals surface area contributed by atoms with Crippen LogP contribution in [-0.4, -0.2) is 61.0 Å². The van der Waals surface area contributed by atoms with Crippen LogP contribution in [0.3, 0.4) is 0 Å². The maximum absolute atomic E-state index is 13.5. The number of hydrogen-bond donors (Lipinski definition) is 1. The monoisotopic (exact) mass is 363 g/mol. The fourth-order valence-corrected chi connectivity index (χ4v) is 4.94. The number of likely N-dealkylation sites (tertiary alicyclic amines) is 1. The van der Waals surface area contributed by atoms with E-state index >= 15 is 0 Å². The summed E-state index contributed by atoms with van der Waals surface area (Å²) in [6, 6.07) is 11.1. The summed E-state index contributed by atoms with van der Waals surface area (Å²) in [6.07, 6.45) is 5.53. The molecule has 1 aliphatic carbocycles. The molecule has 2 heterocycles. The summed E-state index contributed by atoms with van der Waals surface area (Å²) in [6.45, 7) is 6.26. The van der Waals surface area contributed by atoms with Crippen molar-refractivity contribution >= 4 is 18.3 Å². The van der Waals surface area contributed by atoms with Gasteiger partial charge in [0.25, 0.3) is 0 Å². The van der Waals surface area contributed by atoms with Gasteiger partial charge in [0, 0.05) is 45.3 Å². The highest BCUT2D eigenvalue weighted by atomic mass is 35.5. The largest absolute Gasteiger partial charge is 0.340 e. The summed E-state index contributed by atoms with van der Waals surface area (Å²) in [5, 5.41) is 3.42. The Balaban J connectivity index is 0.00000182. The zero-order chi connectivity index (χ0) is 16.4. The molecule has 0 aromatic heterocycles. The molecule has 3 fully saturated rings. The van der Waals surface area contributed by atoms with Gasteiger partial charge in [0.05, 0.1) is 5.41 Å². The van der Waals surface area contributed by atoms with Crippen molar-refractivity contribution in [2.24, 2.45) is 0 Å². The molecule has 138 valence electrons. The minimum atomic E-state index is -0.250. The molecule has 1 amide bonds. The van der Waals surface area contributed by atoms with Crippen LogP contribution < -0.4 is 5.32 Å². The average Bonchev–Trinajstić information content (AvgIpc) is 3.33. The molecule has 0 radical (unpaired) electrons. The average molecular weight is 364 g/mol. The minimum absolute atomic E-state index is 0. The Morgan fingerprint density at radius 1 is 1.04 bits per heavy atom. The Labute approximate surface area is 157 Å². The Kier molecular flexibility index (Phi) is 6.03. The number of nitrogens with zero attached hydrogens (tertiary/aromatic N) is 2. The summed E-state index contributed by atoms with van der Waals surface area (Å²) in [5.41, 5.74) is 0.984. The van der Waals surface area contributed by atoms with Gasteiger partial charge in [-0.25, -0.2) is 0 Å². The Morgan fingerprint density at radius 2 is 1.72 bits per heavy atom. The lowest BCUT2D eigenvalue weighted by molar-refractivity contribution is -0.136. The van der Waals surface area contributed by atoms with Crippen molar-refractivity contribution in [1.29, 1.82) is 0 Å². The van der Waals surface area contributed by atoms with Crippen molar-refractivity contribution in [3.05, 3.63) is 35.9 Å². The van der Waals surface area contributed by atoms with E-state index in [2.05, 4.69) is 39.4 Å². The topological polar surface area (TPSA) is 35.6 Å². The van der Waals surface area contributed by atoms with Gasteiger partial charge in [-0.1, -0.05) is 43.2 Å². The second-order valence-electron chi connectivity index (χ2n) is 7.63. The van der Waals surface area contributed by atoms with Crippen LogP contribution in [0, 0.1) is 0 Å². The molecule has 25 heavy (non-hydrogen) atoms. The van der Waals surface area contributed by atoms with Crippen LogP contribution >= 0.6 is 12.4 Å². The summed E-state index contributed by atoms with van der Waals surface area (Å²) in [5.74, 6) is 0.392. The normalized spacial score (nSPS) is 26.4. The van der Waals surface area contributed by atoms with E-state index in [-0.39, 0.29) is 17.8 Å². The van der Waals surface area contributed by atoms with Crippen molar-refractivity contribution < 1.29 is 4.79 Å². The summed E-state index contributed by atoms with van der Waals surface area (Å²) in [4.78, 5) is 18.2. The highest BCUT2D eigenvalue weighted by Gasteiger charge is 2.46. The number of benzene rings is 1. The van der Waals surface area contributed by atoms with E-state index in [0.717, 1.165) is 58.5 Å². The van der Waals surface area contributed by atoms with Crippen molar-refractivity contribution in [2.75, 3.05) is 39.3 Å². The number of carbonyl (C=O) groups is 1. The van der Waals surface area contributed by atoms with Crippen LogP contribution in [0.5, 0.6) is 0 Å². The first-order valence-electron chi connectivity index (χ1n) is 9.59.